The number of benzene rings is 1. The first kappa shape index (κ1) is 14.4. The van der Waals surface area contributed by atoms with E-state index in [1.54, 1.807) is 0 Å². The van der Waals surface area contributed by atoms with E-state index in [-0.39, 0.29) is 0 Å². The summed E-state index contributed by atoms with van der Waals surface area (Å²) in [4.78, 5) is 7.09. The van der Waals surface area contributed by atoms with Gasteiger partial charge in [0.2, 0.25) is 0 Å². The quantitative estimate of drug-likeness (QED) is 0.892. The van der Waals surface area contributed by atoms with Crippen LogP contribution in [-0.2, 0) is 6.54 Å². The molecule has 0 saturated carbocycles. The number of likely N-dealkylation sites (tertiary alicyclic amines) is 1. The summed E-state index contributed by atoms with van der Waals surface area (Å²) in [6, 6.07) is 12.4. The number of guanidine groups is 1. The van der Waals surface area contributed by atoms with E-state index in [9.17, 15) is 0 Å². The maximum atomic E-state index is 4.50. The normalized spacial score (nSPS) is 29.8. The van der Waals surface area contributed by atoms with Gasteiger partial charge in [-0.3, -0.25) is 9.89 Å². The lowest BCUT2D eigenvalue weighted by Crippen LogP contribution is -2.51. The van der Waals surface area contributed by atoms with Gasteiger partial charge in [-0.15, -0.1) is 0 Å². The molecule has 2 aliphatic rings. The Morgan fingerprint density at radius 3 is 2.76 bits per heavy atom. The van der Waals surface area contributed by atoms with Crippen LogP contribution in [0.15, 0.2) is 35.3 Å². The van der Waals surface area contributed by atoms with Gasteiger partial charge >= 0.3 is 0 Å². The van der Waals surface area contributed by atoms with Gasteiger partial charge in [0.25, 0.3) is 0 Å². The van der Waals surface area contributed by atoms with Crippen molar-refractivity contribution in [2.45, 2.75) is 51.4 Å². The van der Waals surface area contributed by atoms with Gasteiger partial charge in [-0.05, 0) is 32.3 Å². The van der Waals surface area contributed by atoms with Crippen LogP contribution in [-0.4, -0.2) is 42.1 Å². The highest BCUT2D eigenvalue weighted by molar-refractivity contribution is 5.82. The zero-order valence-corrected chi connectivity index (χ0v) is 13.0. The molecule has 114 valence electrons. The molecule has 0 aromatic heterocycles. The van der Waals surface area contributed by atoms with E-state index in [0.29, 0.717) is 18.1 Å². The second kappa shape index (κ2) is 6.48. The highest BCUT2D eigenvalue weighted by Gasteiger charge is 2.26. The summed E-state index contributed by atoms with van der Waals surface area (Å²) >= 11 is 0. The molecule has 1 saturated heterocycles. The predicted molar refractivity (Wildman–Crippen MR) is 87.4 cm³/mol. The molecular weight excluding hydrogens is 260 g/mol. The van der Waals surface area contributed by atoms with Crippen molar-refractivity contribution in [3.05, 3.63) is 35.9 Å². The third kappa shape index (κ3) is 3.76. The predicted octanol–water partition coefficient (Wildman–Crippen LogP) is 1.98. The fraction of sp³-hybridized carbons (Fsp3) is 0.588. The zero-order valence-electron chi connectivity index (χ0n) is 13.0. The number of rotatable bonds is 3. The molecule has 0 radical (unpaired) electrons. The Balaban J connectivity index is 1.50. The molecule has 0 spiro atoms. The Hall–Kier alpha value is -1.55. The standard InChI is InChI=1S/C17H26N4/c1-13-11-18-17(19-13)20-16-8-9-21(14(2)10-16)12-15-6-4-3-5-7-15/h3-7,13-14,16H,8-12H2,1-2H3,(H2,18,19,20). The van der Waals surface area contributed by atoms with Crippen LogP contribution in [0.25, 0.3) is 0 Å². The minimum atomic E-state index is 0.475. The fourth-order valence-electron chi connectivity index (χ4n) is 3.24. The molecule has 2 N–H and O–H groups in total. The van der Waals surface area contributed by atoms with Gasteiger partial charge < -0.3 is 10.6 Å². The first-order valence-electron chi connectivity index (χ1n) is 8.06. The van der Waals surface area contributed by atoms with Crippen LogP contribution in [0.1, 0.15) is 32.3 Å². The third-order valence-electron chi connectivity index (χ3n) is 4.49. The van der Waals surface area contributed by atoms with E-state index >= 15 is 0 Å². The molecule has 4 heteroatoms. The van der Waals surface area contributed by atoms with Crippen molar-refractivity contribution < 1.29 is 0 Å². The summed E-state index contributed by atoms with van der Waals surface area (Å²) in [5.74, 6) is 0.996. The molecule has 1 aromatic carbocycles. The molecule has 21 heavy (non-hydrogen) atoms. The summed E-state index contributed by atoms with van der Waals surface area (Å²) in [7, 11) is 0. The fourth-order valence-corrected chi connectivity index (χ4v) is 3.24. The van der Waals surface area contributed by atoms with Crippen LogP contribution in [0.4, 0.5) is 0 Å². The Kier molecular flexibility index (Phi) is 4.44. The second-order valence-electron chi connectivity index (χ2n) is 6.41. The number of nitrogens with one attached hydrogen (secondary N) is 2. The molecule has 2 heterocycles. The van der Waals surface area contributed by atoms with Gasteiger partial charge in [-0.25, -0.2) is 0 Å². The van der Waals surface area contributed by atoms with E-state index in [1.807, 2.05) is 0 Å². The minimum absolute atomic E-state index is 0.475. The van der Waals surface area contributed by atoms with Gasteiger partial charge in [-0.2, -0.15) is 0 Å². The minimum Gasteiger partial charge on any atom is -0.354 e. The molecule has 3 atom stereocenters. The third-order valence-corrected chi connectivity index (χ3v) is 4.49. The summed E-state index contributed by atoms with van der Waals surface area (Å²) in [5.41, 5.74) is 1.41. The van der Waals surface area contributed by atoms with E-state index < -0.39 is 0 Å². The van der Waals surface area contributed by atoms with Gasteiger partial charge in [0.15, 0.2) is 5.96 Å². The summed E-state index contributed by atoms with van der Waals surface area (Å²) in [6.45, 7) is 7.61. The number of hydrogen-bond donors (Lipinski definition) is 2. The largest absolute Gasteiger partial charge is 0.354 e. The monoisotopic (exact) mass is 286 g/mol. The lowest BCUT2D eigenvalue weighted by molar-refractivity contribution is 0.134. The molecule has 1 fully saturated rings. The van der Waals surface area contributed by atoms with Crippen LogP contribution in [0.5, 0.6) is 0 Å². The summed E-state index contributed by atoms with van der Waals surface area (Å²) in [6.07, 6.45) is 2.37. The second-order valence-corrected chi connectivity index (χ2v) is 6.41. The molecular formula is C17H26N4. The highest BCUT2D eigenvalue weighted by Crippen LogP contribution is 2.20. The molecule has 0 bridgehead atoms. The number of aliphatic imine (C=N–C) groups is 1. The maximum absolute atomic E-state index is 4.50. The van der Waals surface area contributed by atoms with Crippen molar-refractivity contribution >= 4 is 5.96 Å². The van der Waals surface area contributed by atoms with E-state index in [1.165, 1.54) is 18.4 Å². The lowest BCUT2D eigenvalue weighted by Gasteiger charge is -2.38. The number of hydrogen-bond acceptors (Lipinski definition) is 4. The first-order chi connectivity index (χ1) is 10.2. The summed E-state index contributed by atoms with van der Waals surface area (Å²) < 4.78 is 0. The van der Waals surface area contributed by atoms with Crippen LogP contribution < -0.4 is 10.6 Å². The van der Waals surface area contributed by atoms with Crippen LogP contribution in [0.3, 0.4) is 0 Å². The molecule has 1 aromatic rings. The summed E-state index contributed by atoms with van der Waals surface area (Å²) in [5, 5.41) is 6.97. The SMILES string of the molecule is CC1CN=C(NC2CCN(Cc3ccccc3)C(C)C2)N1. The topological polar surface area (TPSA) is 39.7 Å². The molecule has 0 aliphatic carbocycles. The first-order valence-corrected chi connectivity index (χ1v) is 8.06. The van der Waals surface area contributed by atoms with Crippen LogP contribution in [0.2, 0.25) is 0 Å². The van der Waals surface area contributed by atoms with Gasteiger partial charge in [0.05, 0.1) is 6.54 Å². The van der Waals surface area contributed by atoms with Gasteiger partial charge in [0, 0.05) is 31.2 Å². The van der Waals surface area contributed by atoms with Gasteiger partial charge in [0.1, 0.15) is 0 Å². The molecule has 3 unspecified atom stereocenters. The lowest BCUT2D eigenvalue weighted by atomic mass is 9.97. The van der Waals surface area contributed by atoms with Crippen LogP contribution >= 0.6 is 0 Å². The van der Waals surface area contributed by atoms with E-state index in [0.717, 1.165) is 25.6 Å². The average Bonchev–Trinajstić information content (AvgIpc) is 2.88. The Morgan fingerprint density at radius 2 is 2.10 bits per heavy atom. The van der Waals surface area contributed by atoms with Crippen molar-refractivity contribution in [1.29, 1.82) is 0 Å². The van der Waals surface area contributed by atoms with Crippen molar-refractivity contribution in [2.75, 3.05) is 13.1 Å². The average molecular weight is 286 g/mol. The number of piperidine rings is 1. The Morgan fingerprint density at radius 1 is 1.29 bits per heavy atom. The van der Waals surface area contributed by atoms with Crippen molar-refractivity contribution in [3.63, 3.8) is 0 Å². The zero-order chi connectivity index (χ0) is 14.7. The number of nitrogens with zero attached hydrogens (tertiary/aromatic N) is 2. The van der Waals surface area contributed by atoms with E-state index in [2.05, 4.69) is 64.7 Å². The molecule has 2 aliphatic heterocycles. The van der Waals surface area contributed by atoms with E-state index in [4.69, 9.17) is 0 Å². The molecule has 3 rings (SSSR count). The maximum Gasteiger partial charge on any atom is 0.191 e. The van der Waals surface area contributed by atoms with Crippen molar-refractivity contribution in [1.82, 2.24) is 15.5 Å². The smallest absolute Gasteiger partial charge is 0.191 e. The Bertz CT molecular complexity index is 485. The van der Waals surface area contributed by atoms with Crippen molar-refractivity contribution in [3.8, 4) is 0 Å². The molecule has 4 nitrogen and oxygen atoms in total. The van der Waals surface area contributed by atoms with Crippen molar-refractivity contribution in [2.24, 2.45) is 4.99 Å². The van der Waals surface area contributed by atoms with Crippen LogP contribution in [0, 0.1) is 0 Å². The Labute approximate surface area is 127 Å². The molecule has 0 amide bonds. The van der Waals surface area contributed by atoms with Gasteiger partial charge in [-0.1, -0.05) is 30.3 Å². The highest BCUT2D eigenvalue weighted by atomic mass is 15.3.